The van der Waals surface area contributed by atoms with Crippen molar-refractivity contribution in [1.82, 2.24) is 9.38 Å². The molecule has 0 aliphatic rings. The fraction of sp³-hybridized carbons (Fsp3) is 0.0909. The van der Waals surface area contributed by atoms with Gasteiger partial charge in [0.15, 0.2) is 0 Å². The van der Waals surface area contributed by atoms with E-state index >= 15 is 0 Å². The molecular weight excluding hydrogens is 324 g/mol. The van der Waals surface area contributed by atoms with Crippen molar-refractivity contribution in [3.63, 3.8) is 0 Å². The van der Waals surface area contributed by atoms with Gasteiger partial charge in [-0.2, -0.15) is 0 Å². The number of pyridine rings is 1. The minimum Gasteiger partial charge on any atom is -0.457 e. The van der Waals surface area contributed by atoms with Crippen molar-refractivity contribution >= 4 is 11.4 Å². The van der Waals surface area contributed by atoms with Crippen LogP contribution in [0.4, 0.5) is 0 Å². The molecule has 4 heteroatoms. The highest BCUT2D eigenvalue weighted by molar-refractivity contribution is 5.83. The lowest BCUT2D eigenvalue weighted by Crippen LogP contribution is -2.09. The van der Waals surface area contributed by atoms with Gasteiger partial charge in [0.1, 0.15) is 22.9 Å². The molecule has 0 N–H and O–H groups in total. The van der Waals surface area contributed by atoms with Gasteiger partial charge in [0.2, 0.25) is 0 Å². The van der Waals surface area contributed by atoms with Crippen LogP contribution in [-0.2, 0) is 17.6 Å². The average Bonchev–Trinajstić information content (AvgIpc) is 3.14. The molecule has 4 nitrogen and oxygen atoms in total. The fourth-order valence-corrected chi connectivity index (χ4v) is 2.94. The highest BCUT2D eigenvalue weighted by atomic mass is 16.5. The summed E-state index contributed by atoms with van der Waals surface area (Å²) in [6.07, 6.45) is 4.41. The summed E-state index contributed by atoms with van der Waals surface area (Å²) in [6, 6.07) is 23.1. The van der Waals surface area contributed by atoms with Gasteiger partial charge in [0.05, 0.1) is 0 Å². The van der Waals surface area contributed by atoms with Gasteiger partial charge in [-0.05, 0) is 42.0 Å². The first-order valence-electron chi connectivity index (χ1n) is 8.52. The lowest BCUT2D eigenvalue weighted by atomic mass is 10.1. The molecule has 0 fully saturated rings. The van der Waals surface area contributed by atoms with Gasteiger partial charge in [-0.15, -0.1) is 0 Å². The molecule has 0 spiro atoms. The zero-order valence-corrected chi connectivity index (χ0v) is 14.2. The predicted molar refractivity (Wildman–Crippen MR) is 101 cm³/mol. The molecule has 0 aliphatic carbocycles. The van der Waals surface area contributed by atoms with Crippen LogP contribution in [0.1, 0.15) is 11.3 Å². The molecule has 128 valence electrons. The van der Waals surface area contributed by atoms with Crippen LogP contribution < -0.4 is 4.74 Å². The monoisotopic (exact) mass is 342 g/mol. The first kappa shape index (κ1) is 16.1. The van der Waals surface area contributed by atoms with E-state index in [9.17, 15) is 4.79 Å². The van der Waals surface area contributed by atoms with E-state index in [4.69, 9.17) is 4.74 Å². The molecule has 0 saturated heterocycles. The third-order valence-corrected chi connectivity index (χ3v) is 4.19. The molecule has 2 aromatic carbocycles. The van der Waals surface area contributed by atoms with Crippen molar-refractivity contribution < 1.29 is 9.53 Å². The Morgan fingerprint density at radius 2 is 1.62 bits per heavy atom. The summed E-state index contributed by atoms with van der Waals surface area (Å²) in [7, 11) is 0. The first-order valence-corrected chi connectivity index (χ1v) is 8.52. The van der Waals surface area contributed by atoms with E-state index in [2.05, 4.69) is 4.98 Å². The molecule has 0 atom stereocenters. The van der Waals surface area contributed by atoms with Crippen molar-refractivity contribution in [3.8, 4) is 11.5 Å². The topological polar surface area (TPSA) is 43.6 Å². The third-order valence-electron chi connectivity index (χ3n) is 4.19. The van der Waals surface area contributed by atoms with Crippen molar-refractivity contribution in [1.29, 1.82) is 0 Å². The lowest BCUT2D eigenvalue weighted by molar-refractivity contribution is -0.117. The molecule has 0 saturated carbocycles. The number of benzene rings is 2. The van der Waals surface area contributed by atoms with E-state index in [0.29, 0.717) is 12.8 Å². The standard InChI is InChI=1S/C22H18N2O2/c25-19(16-18-5-4-8-22-23-13-14-24(18)22)15-17-9-11-21(12-10-17)26-20-6-2-1-3-7-20/h1-14H,15-16H2. The summed E-state index contributed by atoms with van der Waals surface area (Å²) in [5.74, 6) is 1.73. The summed E-state index contributed by atoms with van der Waals surface area (Å²) in [5.41, 5.74) is 2.79. The molecule has 0 unspecified atom stereocenters. The van der Waals surface area contributed by atoms with E-state index < -0.39 is 0 Å². The molecule has 2 aromatic heterocycles. The zero-order valence-electron chi connectivity index (χ0n) is 14.2. The van der Waals surface area contributed by atoms with Crippen molar-refractivity contribution in [2.75, 3.05) is 0 Å². The number of nitrogens with zero attached hydrogens (tertiary/aromatic N) is 2. The number of imidazole rings is 1. The van der Waals surface area contributed by atoms with Crippen LogP contribution in [0.25, 0.3) is 5.65 Å². The Bertz CT molecular complexity index is 1020. The van der Waals surface area contributed by atoms with Crippen LogP contribution in [0.15, 0.2) is 85.2 Å². The summed E-state index contributed by atoms with van der Waals surface area (Å²) in [5, 5.41) is 0. The summed E-state index contributed by atoms with van der Waals surface area (Å²) >= 11 is 0. The molecule has 0 amide bonds. The maximum Gasteiger partial charge on any atom is 0.143 e. The molecule has 0 bridgehead atoms. The Kier molecular flexibility index (Phi) is 4.48. The number of rotatable bonds is 6. The van der Waals surface area contributed by atoms with E-state index in [-0.39, 0.29) is 5.78 Å². The molecule has 4 aromatic rings. The van der Waals surface area contributed by atoms with Gasteiger partial charge in [-0.1, -0.05) is 36.4 Å². The third kappa shape index (κ3) is 3.64. The lowest BCUT2D eigenvalue weighted by Gasteiger charge is -2.07. The number of aromatic nitrogens is 2. The predicted octanol–water partition coefficient (Wildman–Crippen LogP) is 4.48. The number of hydrogen-bond acceptors (Lipinski definition) is 3. The van der Waals surface area contributed by atoms with E-state index in [1.165, 1.54) is 0 Å². The minimum absolute atomic E-state index is 0.169. The number of fused-ring (bicyclic) bond motifs is 1. The van der Waals surface area contributed by atoms with Crippen LogP contribution >= 0.6 is 0 Å². The second kappa shape index (κ2) is 7.23. The second-order valence-electron chi connectivity index (χ2n) is 6.12. The second-order valence-corrected chi connectivity index (χ2v) is 6.12. The van der Waals surface area contributed by atoms with E-state index in [1.54, 1.807) is 6.20 Å². The van der Waals surface area contributed by atoms with Gasteiger partial charge in [0, 0.05) is 30.9 Å². The van der Waals surface area contributed by atoms with Crippen molar-refractivity contribution in [2.45, 2.75) is 12.8 Å². The van der Waals surface area contributed by atoms with Crippen molar-refractivity contribution in [2.24, 2.45) is 0 Å². The van der Waals surface area contributed by atoms with Crippen molar-refractivity contribution in [3.05, 3.63) is 96.4 Å². The van der Waals surface area contributed by atoms with Gasteiger partial charge < -0.3 is 9.14 Å². The van der Waals surface area contributed by atoms with Crippen LogP contribution in [0, 0.1) is 0 Å². The summed E-state index contributed by atoms with van der Waals surface area (Å²) in [4.78, 5) is 16.7. The molecule has 26 heavy (non-hydrogen) atoms. The Morgan fingerprint density at radius 3 is 2.42 bits per heavy atom. The van der Waals surface area contributed by atoms with Gasteiger partial charge in [-0.25, -0.2) is 4.98 Å². The Morgan fingerprint density at radius 1 is 0.846 bits per heavy atom. The van der Waals surface area contributed by atoms with E-state index in [1.807, 2.05) is 83.4 Å². The normalized spacial score (nSPS) is 10.8. The molecular formula is C22H18N2O2. The maximum atomic E-state index is 12.5. The molecule has 0 aliphatic heterocycles. The number of carbonyl (C=O) groups excluding carboxylic acids is 1. The quantitative estimate of drug-likeness (QED) is 0.519. The zero-order chi connectivity index (χ0) is 17.8. The highest BCUT2D eigenvalue weighted by Gasteiger charge is 2.09. The number of hydrogen-bond donors (Lipinski definition) is 0. The maximum absolute atomic E-state index is 12.5. The van der Waals surface area contributed by atoms with Crippen LogP contribution in [-0.4, -0.2) is 15.2 Å². The smallest absolute Gasteiger partial charge is 0.143 e. The molecule has 0 radical (unpaired) electrons. The summed E-state index contributed by atoms with van der Waals surface area (Å²) < 4.78 is 7.73. The SMILES string of the molecule is O=C(Cc1ccc(Oc2ccccc2)cc1)Cc1cccc2nccn12. The minimum atomic E-state index is 0.169. The fourth-order valence-electron chi connectivity index (χ4n) is 2.94. The highest BCUT2D eigenvalue weighted by Crippen LogP contribution is 2.21. The summed E-state index contributed by atoms with van der Waals surface area (Å²) in [6.45, 7) is 0. The van der Waals surface area contributed by atoms with Crippen LogP contribution in [0.2, 0.25) is 0 Å². The number of para-hydroxylation sites is 1. The Balaban J connectivity index is 1.41. The molecule has 4 rings (SSSR count). The average molecular weight is 342 g/mol. The Labute approximate surface area is 151 Å². The number of carbonyl (C=O) groups is 1. The number of ketones is 1. The van der Waals surface area contributed by atoms with Gasteiger partial charge in [-0.3, -0.25) is 4.79 Å². The molecule has 2 heterocycles. The van der Waals surface area contributed by atoms with Gasteiger partial charge in [0.25, 0.3) is 0 Å². The van der Waals surface area contributed by atoms with Crippen LogP contribution in [0.5, 0.6) is 11.5 Å². The van der Waals surface area contributed by atoms with E-state index in [0.717, 1.165) is 28.4 Å². The number of ether oxygens (including phenoxy) is 1. The first-order chi connectivity index (χ1) is 12.8. The largest absolute Gasteiger partial charge is 0.457 e. The van der Waals surface area contributed by atoms with Crippen LogP contribution in [0.3, 0.4) is 0 Å². The van der Waals surface area contributed by atoms with Gasteiger partial charge >= 0.3 is 0 Å². The Hall–Kier alpha value is -3.40. The number of Topliss-reactive ketones (excluding diaryl/α,β-unsaturated/α-hetero) is 1.